The fourth-order valence-electron chi connectivity index (χ4n) is 2.36. The molecule has 1 rings (SSSR count). The molecule has 0 spiro atoms. The van der Waals surface area contributed by atoms with Crippen molar-refractivity contribution < 1.29 is 0 Å². The zero-order valence-corrected chi connectivity index (χ0v) is 9.51. The third kappa shape index (κ3) is 1.89. The van der Waals surface area contributed by atoms with Crippen molar-refractivity contribution in [1.29, 1.82) is 0 Å². The molecule has 0 saturated heterocycles. The van der Waals surface area contributed by atoms with Crippen molar-refractivity contribution in [1.82, 2.24) is 4.90 Å². The molecule has 2 heteroatoms. The van der Waals surface area contributed by atoms with Gasteiger partial charge in [-0.3, -0.25) is 4.90 Å². The molecule has 0 radical (unpaired) electrons. The summed E-state index contributed by atoms with van der Waals surface area (Å²) in [5.41, 5.74) is 6.20. The molecule has 0 aromatic rings. The minimum absolute atomic E-state index is 0.337. The summed E-state index contributed by atoms with van der Waals surface area (Å²) in [5.74, 6) is 1.72. The van der Waals surface area contributed by atoms with Crippen LogP contribution in [0.15, 0.2) is 0 Å². The predicted molar refractivity (Wildman–Crippen MR) is 57.7 cm³/mol. The predicted octanol–water partition coefficient (Wildman–Crippen LogP) is 1.70. The highest BCUT2D eigenvalue weighted by molar-refractivity contribution is 5.02. The number of hydrogen-bond acceptors (Lipinski definition) is 2. The first-order valence-corrected chi connectivity index (χ1v) is 5.47. The number of rotatable bonds is 4. The van der Waals surface area contributed by atoms with E-state index < -0.39 is 0 Å². The monoisotopic (exact) mass is 184 g/mol. The third-order valence-corrected chi connectivity index (χ3v) is 3.89. The Morgan fingerprint density at radius 2 is 2.00 bits per heavy atom. The Labute approximate surface area is 82.5 Å². The van der Waals surface area contributed by atoms with E-state index in [0.29, 0.717) is 5.54 Å². The molecule has 2 nitrogen and oxygen atoms in total. The minimum Gasteiger partial charge on any atom is -0.329 e. The molecule has 0 aliphatic heterocycles. The molecule has 0 aromatic carbocycles. The number of nitrogens with zero attached hydrogens (tertiary/aromatic N) is 1. The van der Waals surface area contributed by atoms with Crippen molar-refractivity contribution in [2.45, 2.75) is 39.2 Å². The lowest BCUT2D eigenvalue weighted by molar-refractivity contribution is -0.0166. The van der Waals surface area contributed by atoms with Gasteiger partial charge in [-0.25, -0.2) is 0 Å². The van der Waals surface area contributed by atoms with Crippen molar-refractivity contribution in [3.63, 3.8) is 0 Å². The lowest BCUT2D eigenvalue weighted by atomic mass is 9.63. The van der Waals surface area contributed by atoms with E-state index in [9.17, 15) is 0 Å². The maximum absolute atomic E-state index is 5.87. The third-order valence-electron chi connectivity index (χ3n) is 3.89. The Balaban J connectivity index is 2.49. The van der Waals surface area contributed by atoms with Gasteiger partial charge in [-0.05, 0) is 38.3 Å². The molecule has 2 N–H and O–H groups in total. The first kappa shape index (κ1) is 11.0. The summed E-state index contributed by atoms with van der Waals surface area (Å²) in [6, 6.07) is 0. The van der Waals surface area contributed by atoms with Gasteiger partial charge in [0, 0.05) is 12.1 Å². The topological polar surface area (TPSA) is 29.3 Å². The van der Waals surface area contributed by atoms with Crippen LogP contribution in [0.1, 0.15) is 33.6 Å². The summed E-state index contributed by atoms with van der Waals surface area (Å²) in [6.45, 7) is 8.77. The summed E-state index contributed by atoms with van der Waals surface area (Å²) in [6.07, 6.45) is 2.59. The van der Waals surface area contributed by atoms with Gasteiger partial charge < -0.3 is 5.73 Å². The molecule has 0 heterocycles. The second kappa shape index (κ2) is 3.97. The van der Waals surface area contributed by atoms with Crippen LogP contribution in [-0.4, -0.2) is 30.6 Å². The molecule has 0 aromatic heterocycles. The lowest BCUT2D eigenvalue weighted by Gasteiger charge is -2.54. The highest BCUT2D eigenvalue weighted by atomic mass is 15.2. The fraction of sp³-hybridized carbons (Fsp3) is 1.00. The Morgan fingerprint density at radius 3 is 2.31 bits per heavy atom. The Kier molecular flexibility index (Phi) is 3.36. The molecule has 0 amide bonds. The highest BCUT2D eigenvalue weighted by Crippen LogP contribution is 2.44. The van der Waals surface area contributed by atoms with Gasteiger partial charge in [0.25, 0.3) is 0 Å². The SMILES string of the molecule is CCN(C)C1(CN)CC(C(C)C)C1. The van der Waals surface area contributed by atoms with E-state index in [4.69, 9.17) is 5.73 Å². The largest absolute Gasteiger partial charge is 0.329 e. The molecular weight excluding hydrogens is 160 g/mol. The van der Waals surface area contributed by atoms with Crippen molar-refractivity contribution in [2.75, 3.05) is 20.1 Å². The van der Waals surface area contributed by atoms with Crippen LogP contribution >= 0.6 is 0 Å². The molecule has 1 aliphatic carbocycles. The van der Waals surface area contributed by atoms with Gasteiger partial charge in [-0.1, -0.05) is 20.8 Å². The summed E-state index contributed by atoms with van der Waals surface area (Å²) < 4.78 is 0. The Hall–Kier alpha value is -0.0800. The van der Waals surface area contributed by atoms with Crippen LogP contribution in [0.3, 0.4) is 0 Å². The Morgan fingerprint density at radius 1 is 1.46 bits per heavy atom. The summed E-state index contributed by atoms with van der Waals surface area (Å²) in [5, 5.41) is 0. The normalized spacial score (nSPS) is 33.9. The molecule has 1 fully saturated rings. The zero-order valence-electron chi connectivity index (χ0n) is 9.51. The van der Waals surface area contributed by atoms with Crippen LogP contribution in [0.25, 0.3) is 0 Å². The smallest absolute Gasteiger partial charge is 0.0334 e. The molecule has 0 unspecified atom stereocenters. The zero-order chi connectivity index (χ0) is 10.1. The van der Waals surface area contributed by atoms with E-state index in [2.05, 4.69) is 32.7 Å². The van der Waals surface area contributed by atoms with Gasteiger partial charge in [0.15, 0.2) is 0 Å². The molecule has 13 heavy (non-hydrogen) atoms. The van der Waals surface area contributed by atoms with Gasteiger partial charge >= 0.3 is 0 Å². The molecule has 1 saturated carbocycles. The second-order valence-electron chi connectivity index (χ2n) is 4.85. The van der Waals surface area contributed by atoms with E-state index in [1.807, 2.05) is 0 Å². The van der Waals surface area contributed by atoms with Gasteiger partial charge in [-0.15, -0.1) is 0 Å². The summed E-state index contributed by atoms with van der Waals surface area (Å²) >= 11 is 0. The van der Waals surface area contributed by atoms with E-state index in [1.54, 1.807) is 0 Å². The van der Waals surface area contributed by atoms with Gasteiger partial charge in [-0.2, -0.15) is 0 Å². The van der Waals surface area contributed by atoms with E-state index in [-0.39, 0.29) is 0 Å². The van der Waals surface area contributed by atoms with Crippen LogP contribution in [-0.2, 0) is 0 Å². The maximum atomic E-state index is 5.87. The van der Waals surface area contributed by atoms with Crippen LogP contribution in [0.5, 0.6) is 0 Å². The maximum Gasteiger partial charge on any atom is 0.0334 e. The van der Waals surface area contributed by atoms with Gasteiger partial charge in [0.1, 0.15) is 0 Å². The fourth-order valence-corrected chi connectivity index (χ4v) is 2.36. The first-order valence-electron chi connectivity index (χ1n) is 5.47. The van der Waals surface area contributed by atoms with Gasteiger partial charge in [0.2, 0.25) is 0 Å². The van der Waals surface area contributed by atoms with Crippen molar-refractivity contribution in [2.24, 2.45) is 17.6 Å². The first-order chi connectivity index (χ1) is 6.05. The standard InChI is InChI=1S/C11H24N2/c1-5-13(4)11(8-12)6-10(7-11)9(2)3/h9-10H,5-8,12H2,1-4H3. The van der Waals surface area contributed by atoms with E-state index in [0.717, 1.165) is 24.9 Å². The lowest BCUT2D eigenvalue weighted by Crippen LogP contribution is -2.61. The van der Waals surface area contributed by atoms with Crippen molar-refractivity contribution in [3.05, 3.63) is 0 Å². The van der Waals surface area contributed by atoms with Gasteiger partial charge in [0.05, 0.1) is 0 Å². The number of likely N-dealkylation sites (N-methyl/N-ethyl adjacent to an activating group) is 1. The summed E-state index contributed by atoms with van der Waals surface area (Å²) in [7, 11) is 2.20. The van der Waals surface area contributed by atoms with E-state index in [1.165, 1.54) is 12.8 Å². The average molecular weight is 184 g/mol. The number of nitrogens with two attached hydrogens (primary N) is 1. The van der Waals surface area contributed by atoms with Crippen LogP contribution in [0.2, 0.25) is 0 Å². The summed E-state index contributed by atoms with van der Waals surface area (Å²) in [4.78, 5) is 2.42. The second-order valence-corrected chi connectivity index (χ2v) is 4.85. The van der Waals surface area contributed by atoms with Crippen molar-refractivity contribution in [3.8, 4) is 0 Å². The minimum atomic E-state index is 0.337. The van der Waals surface area contributed by atoms with Crippen LogP contribution in [0, 0.1) is 11.8 Å². The highest BCUT2D eigenvalue weighted by Gasteiger charge is 2.46. The average Bonchev–Trinajstić information content (AvgIpc) is 2.02. The Bertz CT molecular complexity index is 159. The molecule has 0 bridgehead atoms. The quantitative estimate of drug-likeness (QED) is 0.720. The van der Waals surface area contributed by atoms with Crippen molar-refractivity contribution >= 4 is 0 Å². The molecular formula is C11H24N2. The molecule has 78 valence electrons. The molecule has 0 atom stereocenters. The van der Waals surface area contributed by atoms with E-state index >= 15 is 0 Å². The molecule has 1 aliphatic rings. The number of hydrogen-bond donors (Lipinski definition) is 1. The van der Waals surface area contributed by atoms with Crippen LogP contribution in [0.4, 0.5) is 0 Å². The van der Waals surface area contributed by atoms with Crippen LogP contribution < -0.4 is 5.73 Å².